The van der Waals surface area contributed by atoms with Crippen molar-refractivity contribution in [2.45, 2.75) is 19.9 Å². The van der Waals surface area contributed by atoms with Gasteiger partial charge in [-0.15, -0.1) is 12.4 Å². The number of carbonyl (C=O) groups is 1. The fourth-order valence-electron chi connectivity index (χ4n) is 2.03. The van der Waals surface area contributed by atoms with E-state index in [1.165, 1.54) is 11.1 Å². The van der Waals surface area contributed by atoms with E-state index in [0.29, 0.717) is 6.54 Å². The van der Waals surface area contributed by atoms with E-state index in [1.54, 1.807) is 0 Å². The fourth-order valence-corrected chi connectivity index (χ4v) is 2.03. The first-order valence-corrected chi connectivity index (χ1v) is 5.79. The van der Waals surface area contributed by atoms with Crippen LogP contribution in [0.25, 0.3) is 0 Å². The maximum Gasteiger partial charge on any atom is 0.224 e. The topological polar surface area (TPSA) is 41.1 Å². The Morgan fingerprint density at radius 3 is 3.00 bits per heavy atom. The Balaban J connectivity index is 0.00000144. The van der Waals surface area contributed by atoms with Crippen LogP contribution in [0, 0.1) is 12.8 Å². The summed E-state index contributed by atoms with van der Waals surface area (Å²) in [4.78, 5) is 11.8. The van der Waals surface area contributed by atoms with Crippen molar-refractivity contribution in [3.63, 3.8) is 0 Å². The molecule has 1 aromatic rings. The minimum absolute atomic E-state index is 0. The Bertz CT molecular complexity index is 375. The zero-order chi connectivity index (χ0) is 11.4. The molecule has 17 heavy (non-hydrogen) atoms. The van der Waals surface area contributed by atoms with Crippen molar-refractivity contribution < 1.29 is 4.79 Å². The van der Waals surface area contributed by atoms with Gasteiger partial charge in [0.05, 0.1) is 5.92 Å². The van der Waals surface area contributed by atoms with E-state index in [9.17, 15) is 4.79 Å². The van der Waals surface area contributed by atoms with E-state index in [2.05, 4.69) is 29.7 Å². The van der Waals surface area contributed by atoms with Crippen molar-refractivity contribution >= 4 is 18.3 Å². The maximum absolute atomic E-state index is 11.8. The van der Waals surface area contributed by atoms with Gasteiger partial charge in [0.15, 0.2) is 0 Å². The monoisotopic (exact) mass is 254 g/mol. The molecule has 1 atom stereocenters. The van der Waals surface area contributed by atoms with Gasteiger partial charge >= 0.3 is 0 Å². The number of rotatable bonds is 3. The molecule has 1 unspecified atom stereocenters. The lowest BCUT2D eigenvalue weighted by molar-refractivity contribution is -0.124. The molecule has 2 N–H and O–H groups in total. The van der Waals surface area contributed by atoms with Gasteiger partial charge in [0, 0.05) is 13.1 Å². The number of aryl methyl sites for hydroxylation is 1. The van der Waals surface area contributed by atoms with Crippen molar-refractivity contribution in [1.29, 1.82) is 0 Å². The summed E-state index contributed by atoms with van der Waals surface area (Å²) in [7, 11) is 0. The van der Waals surface area contributed by atoms with Crippen LogP contribution in [-0.4, -0.2) is 19.0 Å². The molecule has 1 aliphatic rings. The molecule has 1 aliphatic heterocycles. The smallest absolute Gasteiger partial charge is 0.224 e. The van der Waals surface area contributed by atoms with Gasteiger partial charge in [-0.3, -0.25) is 4.79 Å². The van der Waals surface area contributed by atoms with Crippen LogP contribution in [0.5, 0.6) is 0 Å². The summed E-state index contributed by atoms with van der Waals surface area (Å²) in [6, 6.07) is 8.23. The lowest BCUT2D eigenvalue weighted by Crippen LogP contribution is -2.31. The Morgan fingerprint density at radius 2 is 2.35 bits per heavy atom. The average molecular weight is 255 g/mol. The van der Waals surface area contributed by atoms with Crippen molar-refractivity contribution in [3.05, 3.63) is 35.4 Å². The van der Waals surface area contributed by atoms with E-state index in [4.69, 9.17) is 0 Å². The van der Waals surface area contributed by atoms with Crippen LogP contribution < -0.4 is 10.6 Å². The van der Waals surface area contributed by atoms with E-state index in [0.717, 1.165) is 19.5 Å². The molecule has 1 amide bonds. The van der Waals surface area contributed by atoms with Crippen molar-refractivity contribution in [1.82, 2.24) is 10.6 Å². The Hall–Kier alpha value is -1.06. The summed E-state index contributed by atoms with van der Waals surface area (Å²) in [5, 5.41) is 6.19. The molecule has 0 aliphatic carbocycles. The highest BCUT2D eigenvalue weighted by Crippen LogP contribution is 2.08. The maximum atomic E-state index is 11.8. The van der Waals surface area contributed by atoms with E-state index in [-0.39, 0.29) is 24.2 Å². The highest BCUT2D eigenvalue weighted by Gasteiger charge is 2.21. The molecule has 1 saturated heterocycles. The van der Waals surface area contributed by atoms with Gasteiger partial charge in [-0.05, 0) is 25.5 Å². The highest BCUT2D eigenvalue weighted by atomic mass is 35.5. The third kappa shape index (κ3) is 4.02. The van der Waals surface area contributed by atoms with Gasteiger partial charge in [-0.1, -0.05) is 29.8 Å². The van der Waals surface area contributed by atoms with Crippen LogP contribution in [0.2, 0.25) is 0 Å². The van der Waals surface area contributed by atoms with Gasteiger partial charge < -0.3 is 10.6 Å². The number of carbonyl (C=O) groups excluding carboxylic acids is 1. The van der Waals surface area contributed by atoms with Crippen LogP contribution in [0.15, 0.2) is 24.3 Å². The molecular weight excluding hydrogens is 236 g/mol. The zero-order valence-electron chi connectivity index (χ0n) is 10.0. The second kappa shape index (κ2) is 6.62. The highest BCUT2D eigenvalue weighted by molar-refractivity contribution is 5.85. The Labute approximate surface area is 108 Å². The lowest BCUT2D eigenvalue weighted by atomic mass is 10.1. The minimum Gasteiger partial charge on any atom is -0.352 e. The summed E-state index contributed by atoms with van der Waals surface area (Å²) < 4.78 is 0. The molecule has 1 fully saturated rings. The zero-order valence-corrected chi connectivity index (χ0v) is 10.8. The summed E-state index contributed by atoms with van der Waals surface area (Å²) in [6.45, 7) is 4.48. The molecule has 0 bridgehead atoms. The van der Waals surface area contributed by atoms with Gasteiger partial charge in [-0.25, -0.2) is 0 Å². The van der Waals surface area contributed by atoms with Gasteiger partial charge in [0.1, 0.15) is 0 Å². The third-order valence-electron chi connectivity index (χ3n) is 2.98. The minimum atomic E-state index is 0. The number of halogens is 1. The molecule has 1 aromatic carbocycles. The predicted octanol–water partition coefficient (Wildman–Crippen LogP) is 1.64. The fraction of sp³-hybridized carbons (Fsp3) is 0.462. The van der Waals surface area contributed by atoms with Crippen LogP contribution in [0.3, 0.4) is 0 Å². The largest absolute Gasteiger partial charge is 0.352 e. The van der Waals surface area contributed by atoms with Crippen LogP contribution in [0.1, 0.15) is 17.5 Å². The van der Waals surface area contributed by atoms with E-state index >= 15 is 0 Å². The first kappa shape index (κ1) is 14.0. The SMILES string of the molecule is Cc1cccc(CNC(=O)C2CCNC2)c1.Cl. The standard InChI is InChI=1S/C13H18N2O.ClH/c1-10-3-2-4-11(7-10)8-15-13(16)12-5-6-14-9-12;/h2-4,7,12,14H,5-6,8-9H2,1H3,(H,15,16);1H. The first-order valence-electron chi connectivity index (χ1n) is 5.79. The molecule has 3 nitrogen and oxygen atoms in total. The Kier molecular flexibility index (Phi) is 5.45. The van der Waals surface area contributed by atoms with Crippen LogP contribution in [-0.2, 0) is 11.3 Å². The van der Waals surface area contributed by atoms with Gasteiger partial charge in [-0.2, -0.15) is 0 Å². The third-order valence-corrected chi connectivity index (χ3v) is 2.98. The summed E-state index contributed by atoms with van der Waals surface area (Å²) >= 11 is 0. The number of amides is 1. The molecule has 1 heterocycles. The second-order valence-electron chi connectivity index (χ2n) is 4.40. The van der Waals surface area contributed by atoms with Crippen LogP contribution >= 0.6 is 12.4 Å². The number of hydrogen-bond acceptors (Lipinski definition) is 2. The Morgan fingerprint density at radius 1 is 1.53 bits per heavy atom. The normalized spacial score (nSPS) is 18.5. The van der Waals surface area contributed by atoms with Gasteiger partial charge in [0.25, 0.3) is 0 Å². The molecular formula is C13H19ClN2O. The molecule has 94 valence electrons. The number of benzene rings is 1. The van der Waals surface area contributed by atoms with Crippen molar-refractivity contribution in [2.24, 2.45) is 5.92 Å². The molecule has 2 rings (SSSR count). The second-order valence-corrected chi connectivity index (χ2v) is 4.40. The molecule has 0 radical (unpaired) electrons. The predicted molar refractivity (Wildman–Crippen MR) is 71.3 cm³/mol. The number of nitrogens with one attached hydrogen (secondary N) is 2. The van der Waals surface area contributed by atoms with E-state index < -0.39 is 0 Å². The molecule has 0 aromatic heterocycles. The molecule has 0 spiro atoms. The van der Waals surface area contributed by atoms with Crippen molar-refractivity contribution in [3.8, 4) is 0 Å². The summed E-state index contributed by atoms with van der Waals surface area (Å²) in [5.74, 6) is 0.330. The van der Waals surface area contributed by atoms with Crippen molar-refractivity contribution in [2.75, 3.05) is 13.1 Å². The quantitative estimate of drug-likeness (QED) is 0.861. The molecule has 4 heteroatoms. The first-order chi connectivity index (χ1) is 7.75. The van der Waals surface area contributed by atoms with Gasteiger partial charge in [0.2, 0.25) is 5.91 Å². The van der Waals surface area contributed by atoms with Crippen LogP contribution in [0.4, 0.5) is 0 Å². The summed E-state index contributed by atoms with van der Waals surface area (Å²) in [5.41, 5.74) is 2.40. The molecule has 0 saturated carbocycles. The summed E-state index contributed by atoms with van der Waals surface area (Å²) in [6.07, 6.45) is 0.958. The van der Waals surface area contributed by atoms with E-state index in [1.807, 2.05) is 12.1 Å². The number of hydrogen-bond donors (Lipinski definition) is 2. The average Bonchev–Trinajstić information content (AvgIpc) is 2.79. The lowest BCUT2D eigenvalue weighted by Gasteiger charge is -2.10.